The SMILES string of the molecule is CCN(CC)/C(N)=N/C(=O)Nc1ccccn1. The highest BCUT2D eigenvalue weighted by Gasteiger charge is 2.06. The van der Waals surface area contributed by atoms with Crippen molar-refractivity contribution in [3.05, 3.63) is 24.4 Å². The van der Waals surface area contributed by atoms with E-state index in [1.165, 1.54) is 0 Å². The van der Waals surface area contributed by atoms with Crippen molar-refractivity contribution < 1.29 is 4.79 Å². The van der Waals surface area contributed by atoms with Crippen LogP contribution in [-0.2, 0) is 0 Å². The van der Waals surface area contributed by atoms with Crippen LogP contribution in [0.15, 0.2) is 29.4 Å². The molecule has 2 amide bonds. The Morgan fingerprint density at radius 2 is 2.18 bits per heavy atom. The van der Waals surface area contributed by atoms with Crippen molar-refractivity contribution in [1.29, 1.82) is 0 Å². The number of carbonyl (C=O) groups excluding carboxylic acids is 1. The molecule has 1 aromatic rings. The summed E-state index contributed by atoms with van der Waals surface area (Å²) in [5.74, 6) is 0.664. The summed E-state index contributed by atoms with van der Waals surface area (Å²) in [6.07, 6.45) is 1.59. The third-order valence-corrected chi connectivity index (χ3v) is 2.20. The van der Waals surface area contributed by atoms with Gasteiger partial charge in [0.2, 0.25) is 5.96 Å². The van der Waals surface area contributed by atoms with Gasteiger partial charge in [-0.2, -0.15) is 4.99 Å². The lowest BCUT2D eigenvalue weighted by Gasteiger charge is -2.18. The molecular weight excluding hydrogens is 218 g/mol. The number of aromatic nitrogens is 1. The monoisotopic (exact) mass is 235 g/mol. The normalized spacial score (nSPS) is 11.1. The molecule has 0 atom stereocenters. The Balaban J connectivity index is 2.63. The molecular formula is C11H17N5O. The van der Waals surface area contributed by atoms with E-state index >= 15 is 0 Å². The molecule has 0 aromatic carbocycles. The van der Waals surface area contributed by atoms with E-state index in [1.54, 1.807) is 29.3 Å². The van der Waals surface area contributed by atoms with Crippen molar-refractivity contribution in [3.8, 4) is 0 Å². The Morgan fingerprint density at radius 1 is 1.47 bits per heavy atom. The van der Waals surface area contributed by atoms with Gasteiger partial charge >= 0.3 is 6.03 Å². The molecule has 6 nitrogen and oxygen atoms in total. The summed E-state index contributed by atoms with van der Waals surface area (Å²) in [4.78, 5) is 21.0. The lowest BCUT2D eigenvalue weighted by Crippen LogP contribution is -2.38. The van der Waals surface area contributed by atoms with Crippen LogP contribution in [0.2, 0.25) is 0 Å². The first-order chi connectivity index (χ1) is 8.17. The molecule has 0 radical (unpaired) electrons. The lowest BCUT2D eigenvalue weighted by molar-refractivity contribution is 0.259. The second-order valence-electron chi connectivity index (χ2n) is 3.29. The second kappa shape index (κ2) is 6.47. The summed E-state index contributed by atoms with van der Waals surface area (Å²) in [7, 11) is 0. The van der Waals surface area contributed by atoms with E-state index in [1.807, 2.05) is 13.8 Å². The Kier molecular flexibility index (Phi) is 4.93. The number of nitrogens with one attached hydrogen (secondary N) is 1. The molecule has 92 valence electrons. The van der Waals surface area contributed by atoms with Crippen LogP contribution in [-0.4, -0.2) is 35.0 Å². The van der Waals surface area contributed by atoms with Crippen LogP contribution in [0.3, 0.4) is 0 Å². The Morgan fingerprint density at radius 3 is 2.71 bits per heavy atom. The van der Waals surface area contributed by atoms with Gasteiger partial charge in [0.25, 0.3) is 0 Å². The van der Waals surface area contributed by atoms with Gasteiger partial charge in [0.1, 0.15) is 5.82 Å². The summed E-state index contributed by atoms with van der Waals surface area (Å²) in [5.41, 5.74) is 5.69. The maximum atomic E-state index is 11.5. The predicted octanol–water partition coefficient (Wildman–Crippen LogP) is 1.27. The van der Waals surface area contributed by atoms with Crippen LogP contribution in [0.4, 0.5) is 10.6 Å². The van der Waals surface area contributed by atoms with Gasteiger partial charge in [-0.3, -0.25) is 5.32 Å². The van der Waals surface area contributed by atoms with Gasteiger partial charge in [0.15, 0.2) is 0 Å². The summed E-state index contributed by atoms with van der Waals surface area (Å²) in [5, 5.41) is 2.53. The van der Waals surface area contributed by atoms with E-state index in [-0.39, 0.29) is 5.96 Å². The average molecular weight is 235 g/mol. The maximum Gasteiger partial charge on any atom is 0.349 e. The third-order valence-electron chi connectivity index (χ3n) is 2.20. The zero-order chi connectivity index (χ0) is 12.7. The van der Waals surface area contributed by atoms with Gasteiger partial charge in [-0.1, -0.05) is 6.07 Å². The smallest absolute Gasteiger partial charge is 0.349 e. The summed E-state index contributed by atoms with van der Waals surface area (Å²) < 4.78 is 0. The minimum atomic E-state index is -0.520. The first kappa shape index (κ1) is 13.0. The third kappa shape index (κ3) is 4.10. The number of urea groups is 1. The van der Waals surface area contributed by atoms with Crippen LogP contribution >= 0.6 is 0 Å². The van der Waals surface area contributed by atoms with Crippen LogP contribution in [0.25, 0.3) is 0 Å². The highest BCUT2D eigenvalue weighted by molar-refractivity contribution is 5.98. The number of nitrogens with zero attached hydrogens (tertiary/aromatic N) is 3. The molecule has 0 aliphatic carbocycles. The number of carbonyl (C=O) groups is 1. The van der Waals surface area contributed by atoms with Gasteiger partial charge in [-0.15, -0.1) is 0 Å². The lowest BCUT2D eigenvalue weighted by atomic mass is 10.5. The van der Waals surface area contributed by atoms with E-state index in [0.29, 0.717) is 18.9 Å². The molecule has 0 bridgehead atoms. The molecule has 6 heteroatoms. The van der Waals surface area contributed by atoms with Crippen molar-refractivity contribution in [3.63, 3.8) is 0 Å². The van der Waals surface area contributed by atoms with E-state index in [2.05, 4.69) is 15.3 Å². The minimum Gasteiger partial charge on any atom is -0.369 e. The molecule has 17 heavy (non-hydrogen) atoms. The molecule has 0 fully saturated rings. The number of nitrogens with two attached hydrogens (primary N) is 1. The molecule has 3 N–H and O–H groups in total. The fourth-order valence-electron chi connectivity index (χ4n) is 1.30. The fourth-order valence-corrected chi connectivity index (χ4v) is 1.30. The standard InChI is InChI=1S/C11H17N5O/c1-3-16(4-2)10(12)15-11(17)14-9-7-5-6-8-13-9/h5-8H,3-4H2,1-2H3,(H3,12,13,14,15,17). The first-order valence-electron chi connectivity index (χ1n) is 5.48. The number of amides is 2. The number of hydrogen-bond acceptors (Lipinski definition) is 2. The number of guanidine groups is 1. The van der Waals surface area contributed by atoms with E-state index in [9.17, 15) is 4.79 Å². The quantitative estimate of drug-likeness (QED) is 0.610. The van der Waals surface area contributed by atoms with Gasteiger partial charge in [-0.05, 0) is 26.0 Å². The van der Waals surface area contributed by atoms with E-state index in [4.69, 9.17) is 5.73 Å². The molecule has 0 aliphatic rings. The largest absolute Gasteiger partial charge is 0.369 e. The predicted molar refractivity (Wildman–Crippen MR) is 67.8 cm³/mol. The summed E-state index contributed by atoms with van der Waals surface area (Å²) in [6.45, 7) is 5.32. The molecule has 0 saturated heterocycles. The van der Waals surface area contributed by atoms with Crippen molar-refractivity contribution >= 4 is 17.8 Å². The van der Waals surface area contributed by atoms with Gasteiger partial charge in [-0.25, -0.2) is 9.78 Å². The number of hydrogen-bond donors (Lipinski definition) is 2. The van der Waals surface area contributed by atoms with Crippen LogP contribution in [0.5, 0.6) is 0 Å². The van der Waals surface area contributed by atoms with Crippen molar-refractivity contribution in [1.82, 2.24) is 9.88 Å². The highest BCUT2D eigenvalue weighted by atomic mass is 16.2. The van der Waals surface area contributed by atoms with Crippen LogP contribution < -0.4 is 11.1 Å². The van der Waals surface area contributed by atoms with E-state index in [0.717, 1.165) is 0 Å². The van der Waals surface area contributed by atoms with Crippen molar-refractivity contribution in [2.75, 3.05) is 18.4 Å². The maximum absolute atomic E-state index is 11.5. The Hall–Kier alpha value is -2.11. The van der Waals surface area contributed by atoms with Crippen molar-refractivity contribution in [2.45, 2.75) is 13.8 Å². The fraction of sp³-hybridized carbons (Fsp3) is 0.364. The molecule has 1 aromatic heterocycles. The van der Waals surface area contributed by atoms with Gasteiger partial charge < -0.3 is 10.6 Å². The minimum absolute atomic E-state index is 0.212. The molecule has 0 unspecified atom stereocenters. The number of anilines is 1. The van der Waals surface area contributed by atoms with Crippen LogP contribution in [0.1, 0.15) is 13.8 Å². The average Bonchev–Trinajstić information content (AvgIpc) is 2.31. The van der Waals surface area contributed by atoms with Gasteiger partial charge in [0, 0.05) is 19.3 Å². The molecule has 0 aliphatic heterocycles. The van der Waals surface area contributed by atoms with Crippen LogP contribution in [0, 0.1) is 0 Å². The summed E-state index contributed by atoms with van der Waals surface area (Å²) in [6, 6.07) is 4.71. The molecule has 1 rings (SSSR count). The Bertz CT molecular complexity index is 386. The Labute approximate surface area is 101 Å². The number of rotatable bonds is 3. The summed E-state index contributed by atoms with van der Waals surface area (Å²) >= 11 is 0. The molecule has 0 saturated carbocycles. The zero-order valence-corrected chi connectivity index (χ0v) is 10.1. The van der Waals surface area contributed by atoms with E-state index < -0.39 is 6.03 Å². The van der Waals surface area contributed by atoms with Gasteiger partial charge in [0.05, 0.1) is 0 Å². The zero-order valence-electron chi connectivity index (χ0n) is 10.1. The number of aliphatic imine (C=N–C) groups is 1. The molecule has 0 spiro atoms. The van der Waals surface area contributed by atoms with Crippen molar-refractivity contribution in [2.24, 2.45) is 10.7 Å². The highest BCUT2D eigenvalue weighted by Crippen LogP contribution is 2.00. The first-order valence-corrected chi connectivity index (χ1v) is 5.48. The second-order valence-corrected chi connectivity index (χ2v) is 3.29. The number of pyridine rings is 1. The topological polar surface area (TPSA) is 83.6 Å². The molecule has 1 heterocycles.